The monoisotopic (exact) mass is 257 g/mol. The van der Waals surface area contributed by atoms with Gasteiger partial charge in [0.15, 0.2) is 12.2 Å². The number of benzene rings is 1. The SMILES string of the molecule is c1cc(NCc2cscn2)cc(-c2cnco2)c1. The molecule has 0 bridgehead atoms. The van der Waals surface area contributed by atoms with Gasteiger partial charge in [0, 0.05) is 16.6 Å². The Balaban J connectivity index is 1.75. The van der Waals surface area contributed by atoms with Crippen LogP contribution in [0.3, 0.4) is 0 Å². The third-order valence-electron chi connectivity index (χ3n) is 2.54. The van der Waals surface area contributed by atoms with E-state index in [4.69, 9.17) is 4.42 Å². The van der Waals surface area contributed by atoms with Crippen LogP contribution in [0.5, 0.6) is 0 Å². The average molecular weight is 257 g/mol. The van der Waals surface area contributed by atoms with Crippen molar-refractivity contribution in [3.05, 3.63) is 53.4 Å². The molecule has 1 N–H and O–H groups in total. The number of aromatic nitrogens is 2. The lowest BCUT2D eigenvalue weighted by molar-refractivity contribution is 0.572. The molecule has 3 aromatic rings. The average Bonchev–Trinajstić information content (AvgIpc) is 3.10. The molecule has 2 aromatic heterocycles. The first-order valence-electron chi connectivity index (χ1n) is 5.52. The van der Waals surface area contributed by atoms with Crippen molar-refractivity contribution in [1.82, 2.24) is 9.97 Å². The summed E-state index contributed by atoms with van der Waals surface area (Å²) in [5.74, 6) is 0.771. The van der Waals surface area contributed by atoms with Crippen LogP contribution in [0.15, 0.2) is 52.2 Å². The van der Waals surface area contributed by atoms with Gasteiger partial charge >= 0.3 is 0 Å². The molecule has 0 spiro atoms. The minimum absolute atomic E-state index is 0.726. The molecular weight excluding hydrogens is 246 g/mol. The fourth-order valence-electron chi connectivity index (χ4n) is 1.66. The van der Waals surface area contributed by atoms with Crippen LogP contribution in [0.4, 0.5) is 5.69 Å². The van der Waals surface area contributed by atoms with E-state index in [0.717, 1.165) is 29.2 Å². The molecule has 1 aromatic carbocycles. The number of hydrogen-bond acceptors (Lipinski definition) is 5. The predicted molar refractivity (Wildman–Crippen MR) is 71.4 cm³/mol. The van der Waals surface area contributed by atoms with Crippen LogP contribution in [0, 0.1) is 0 Å². The van der Waals surface area contributed by atoms with Crippen LogP contribution < -0.4 is 5.32 Å². The standard InChI is InChI=1S/C13H11N3OS/c1-2-10(13-6-14-8-17-13)4-11(3-1)15-5-12-7-18-9-16-12/h1-4,6-9,15H,5H2. The number of nitrogens with one attached hydrogen (secondary N) is 1. The summed E-state index contributed by atoms with van der Waals surface area (Å²) in [5, 5.41) is 5.37. The van der Waals surface area contributed by atoms with Crippen molar-refractivity contribution in [3.63, 3.8) is 0 Å². The lowest BCUT2D eigenvalue weighted by Gasteiger charge is -2.05. The van der Waals surface area contributed by atoms with Crippen molar-refractivity contribution in [2.75, 3.05) is 5.32 Å². The minimum Gasteiger partial charge on any atom is -0.444 e. The van der Waals surface area contributed by atoms with Crippen LogP contribution in [0.2, 0.25) is 0 Å². The highest BCUT2D eigenvalue weighted by Gasteiger charge is 2.02. The van der Waals surface area contributed by atoms with E-state index in [0.29, 0.717) is 0 Å². The molecule has 0 aliphatic rings. The second-order valence-corrected chi connectivity index (χ2v) is 4.50. The van der Waals surface area contributed by atoms with Gasteiger partial charge in [-0.15, -0.1) is 11.3 Å². The first-order chi connectivity index (χ1) is 8.92. The third kappa shape index (κ3) is 2.41. The Morgan fingerprint density at radius 3 is 3.11 bits per heavy atom. The number of thiazole rings is 1. The molecule has 0 fully saturated rings. The third-order valence-corrected chi connectivity index (χ3v) is 3.17. The van der Waals surface area contributed by atoms with E-state index in [-0.39, 0.29) is 0 Å². The maximum Gasteiger partial charge on any atom is 0.181 e. The molecule has 90 valence electrons. The summed E-state index contributed by atoms with van der Waals surface area (Å²) >= 11 is 1.60. The van der Waals surface area contributed by atoms with Gasteiger partial charge in [0.1, 0.15) is 0 Å². The van der Waals surface area contributed by atoms with Crippen LogP contribution in [0.1, 0.15) is 5.69 Å². The lowest BCUT2D eigenvalue weighted by Crippen LogP contribution is -1.99. The van der Waals surface area contributed by atoms with E-state index in [2.05, 4.69) is 15.3 Å². The second kappa shape index (κ2) is 5.01. The largest absolute Gasteiger partial charge is 0.444 e. The van der Waals surface area contributed by atoms with Crippen LogP contribution in [0.25, 0.3) is 11.3 Å². The minimum atomic E-state index is 0.726. The zero-order valence-electron chi connectivity index (χ0n) is 9.54. The summed E-state index contributed by atoms with van der Waals surface area (Å²) in [6.07, 6.45) is 3.14. The molecule has 4 nitrogen and oxygen atoms in total. The fourth-order valence-corrected chi connectivity index (χ4v) is 2.22. The predicted octanol–water partition coefficient (Wildman–Crippen LogP) is 3.41. The molecule has 3 rings (SSSR count). The Bertz CT molecular complexity index is 605. The molecule has 0 saturated heterocycles. The van der Waals surface area contributed by atoms with E-state index in [9.17, 15) is 0 Å². The normalized spacial score (nSPS) is 10.4. The molecule has 0 aliphatic carbocycles. The Morgan fingerprint density at radius 2 is 2.33 bits per heavy atom. The van der Waals surface area contributed by atoms with Gasteiger partial charge in [-0.1, -0.05) is 12.1 Å². The Labute approximate surface area is 108 Å². The highest BCUT2D eigenvalue weighted by Crippen LogP contribution is 2.22. The van der Waals surface area contributed by atoms with Gasteiger partial charge in [-0.05, 0) is 12.1 Å². The Hall–Kier alpha value is -2.14. The molecule has 0 unspecified atom stereocenters. The summed E-state index contributed by atoms with van der Waals surface area (Å²) in [5.41, 5.74) is 4.93. The van der Waals surface area contributed by atoms with E-state index < -0.39 is 0 Å². The molecule has 2 heterocycles. The molecule has 0 aliphatic heterocycles. The van der Waals surface area contributed by atoms with Crippen molar-refractivity contribution in [1.29, 1.82) is 0 Å². The second-order valence-electron chi connectivity index (χ2n) is 3.78. The van der Waals surface area contributed by atoms with E-state index in [1.165, 1.54) is 6.39 Å². The maximum atomic E-state index is 5.28. The zero-order valence-corrected chi connectivity index (χ0v) is 10.4. The highest BCUT2D eigenvalue weighted by molar-refractivity contribution is 7.07. The highest BCUT2D eigenvalue weighted by atomic mass is 32.1. The fraction of sp³-hybridized carbons (Fsp3) is 0.0769. The van der Waals surface area contributed by atoms with Crippen molar-refractivity contribution in [2.24, 2.45) is 0 Å². The number of hydrogen-bond donors (Lipinski definition) is 1. The smallest absolute Gasteiger partial charge is 0.181 e. The molecular formula is C13H11N3OS. The van der Waals surface area contributed by atoms with Crippen LogP contribution in [-0.2, 0) is 6.54 Å². The number of anilines is 1. The van der Waals surface area contributed by atoms with Crippen molar-refractivity contribution in [3.8, 4) is 11.3 Å². The van der Waals surface area contributed by atoms with Gasteiger partial charge in [-0.3, -0.25) is 0 Å². The van der Waals surface area contributed by atoms with Gasteiger partial charge in [-0.25, -0.2) is 9.97 Å². The van der Waals surface area contributed by atoms with Gasteiger partial charge in [0.25, 0.3) is 0 Å². The van der Waals surface area contributed by atoms with E-state index >= 15 is 0 Å². The zero-order chi connectivity index (χ0) is 12.2. The number of oxazole rings is 1. The summed E-state index contributed by atoms with van der Waals surface area (Å²) in [7, 11) is 0. The van der Waals surface area contributed by atoms with Crippen LogP contribution >= 0.6 is 11.3 Å². The van der Waals surface area contributed by atoms with Gasteiger partial charge < -0.3 is 9.73 Å². The van der Waals surface area contributed by atoms with Crippen LogP contribution in [-0.4, -0.2) is 9.97 Å². The quantitative estimate of drug-likeness (QED) is 0.778. The first-order valence-corrected chi connectivity index (χ1v) is 6.46. The number of rotatable bonds is 4. The van der Waals surface area contributed by atoms with Crippen molar-refractivity contribution < 1.29 is 4.42 Å². The van der Waals surface area contributed by atoms with E-state index in [1.54, 1.807) is 17.5 Å². The molecule has 0 amide bonds. The summed E-state index contributed by atoms with van der Waals surface area (Å²) in [6, 6.07) is 8.04. The van der Waals surface area contributed by atoms with Crippen molar-refractivity contribution >= 4 is 17.0 Å². The Morgan fingerprint density at radius 1 is 1.33 bits per heavy atom. The molecule has 0 saturated carbocycles. The maximum absolute atomic E-state index is 5.28. The van der Waals surface area contributed by atoms with Crippen molar-refractivity contribution in [2.45, 2.75) is 6.54 Å². The Kier molecular flexibility index (Phi) is 3.06. The summed E-state index contributed by atoms with van der Waals surface area (Å²) < 4.78 is 5.28. The first kappa shape index (κ1) is 11.0. The molecule has 0 radical (unpaired) electrons. The molecule has 0 atom stereocenters. The van der Waals surface area contributed by atoms with Gasteiger partial charge in [-0.2, -0.15) is 0 Å². The van der Waals surface area contributed by atoms with E-state index in [1.807, 2.05) is 35.2 Å². The topological polar surface area (TPSA) is 51.0 Å². The summed E-state index contributed by atoms with van der Waals surface area (Å²) in [6.45, 7) is 0.726. The lowest BCUT2D eigenvalue weighted by atomic mass is 10.1. The van der Waals surface area contributed by atoms with Gasteiger partial charge in [0.05, 0.1) is 23.9 Å². The van der Waals surface area contributed by atoms with Gasteiger partial charge in [0.2, 0.25) is 0 Å². The summed E-state index contributed by atoms with van der Waals surface area (Å²) in [4.78, 5) is 8.15. The molecule has 18 heavy (non-hydrogen) atoms. The molecule has 5 heteroatoms. The number of nitrogens with zero attached hydrogens (tertiary/aromatic N) is 2.